The van der Waals surface area contributed by atoms with Crippen LogP contribution in [0, 0.1) is 0 Å². The summed E-state index contributed by atoms with van der Waals surface area (Å²) in [4.78, 5) is 26.4. The Kier molecular flexibility index (Phi) is 4.73. The van der Waals surface area contributed by atoms with E-state index in [0.29, 0.717) is 31.7 Å². The van der Waals surface area contributed by atoms with E-state index in [-0.39, 0.29) is 11.7 Å². The standard InChI is InChI=1S/C13H19N3O4/c1-2-15-7-4-6-12(17)16(15)8-3-5-11-14-9-10(20-11)13(18)19/h9H,2-8H2,1H3,(H,18,19). The first-order chi connectivity index (χ1) is 9.61. The maximum absolute atomic E-state index is 11.9. The SMILES string of the molecule is CCN1CCCC(=O)N1CCCc1ncc(C(=O)O)o1. The Bertz CT molecular complexity index is 486. The first-order valence-electron chi connectivity index (χ1n) is 6.85. The van der Waals surface area contributed by atoms with Gasteiger partial charge in [0.25, 0.3) is 0 Å². The molecule has 1 fully saturated rings. The molecule has 2 rings (SSSR count). The molecule has 0 radical (unpaired) electrons. The first-order valence-corrected chi connectivity index (χ1v) is 6.85. The largest absolute Gasteiger partial charge is 0.475 e. The number of carbonyl (C=O) groups is 2. The lowest BCUT2D eigenvalue weighted by atomic mass is 10.2. The van der Waals surface area contributed by atoms with Crippen LogP contribution in [0.15, 0.2) is 10.6 Å². The van der Waals surface area contributed by atoms with E-state index in [2.05, 4.69) is 4.98 Å². The molecule has 20 heavy (non-hydrogen) atoms. The monoisotopic (exact) mass is 281 g/mol. The number of carbonyl (C=O) groups excluding carboxylic acids is 1. The third kappa shape index (κ3) is 3.36. The Morgan fingerprint density at radius 3 is 3.00 bits per heavy atom. The highest BCUT2D eigenvalue weighted by molar-refractivity contribution is 5.83. The van der Waals surface area contributed by atoms with Crippen LogP contribution in [0.4, 0.5) is 0 Å². The molecule has 1 aliphatic heterocycles. The lowest BCUT2D eigenvalue weighted by Gasteiger charge is -2.37. The summed E-state index contributed by atoms with van der Waals surface area (Å²) in [6.07, 6.45) is 3.93. The van der Waals surface area contributed by atoms with Crippen LogP contribution >= 0.6 is 0 Å². The van der Waals surface area contributed by atoms with E-state index in [1.54, 1.807) is 5.01 Å². The zero-order valence-electron chi connectivity index (χ0n) is 11.5. The summed E-state index contributed by atoms with van der Waals surface area (Å²) in [5.41, 5.74) is 0. The number of rotatable bonds is 6. The zero-order chi connectivity index (χ0) is 14.5. The number of carboxylic acids is 1. The predicted octanol–water partition coefficient (Wildman–Crippen LogP) is 1.16. The molecule has 0 bridgehead atoms. The van der Waals surface area contributed by atoms with Crippen LogP contribution in [-0.2, 0) is 11.2 Å². The van der Waals surface area contributed by atoms with E-state index in [1.807, 2.05) is 11.9 Å². The highest BCUT2D eigenvalue weighted by Gasteiger charge is 2.24. The third-order valence-electron chi connectivity index (χ3n) is 3.33. The summed E-state index contributed by atoms with van der Waals surface area (Å²) in [7, 11) is 0. The van der Waals surface area contributed by atoms with Crippen molar-refractivity contribution in [3.63, 3.8) is 0 Å². The molecule has 1 saturated heterocycles. The van der Waals surface area contributed by atoms with Crippen molar-refractivity contribution in [3.8, 4) is 0 Å². The maximum Gasteiger partial charge on any atom is 0.373 e. The summed E-state index contributed by atoms with van der Waals surface area (Å²) in [5.74, 6) is -0.719. The molecule has 0 unspecified atom stereocenters. The number of hydrazine groups is 1. The van der Waals surface area contributed by atoms with Gasteiger partial charge in [0.1, 0.15) is 0 Å². The van der Waals surface area contributed by atoms with E-state index in [4.69, 9.17) is 9.52 Å². The maximum atomic E-state index is 11.9. The van der Waals surface area contributed by atoms with Gasteiger partial charge >= 0.3 is 5.97 Å². The predicted molar refractivity (Wildman–Crippen MR) is 70.0 cm³/mol. The van der Waals surface area contributed by atoms with E-state index in [1.165, 1.54) is 6.20 Å². The fourth-order valence-corrected chi connectivity index (χ4v) is 2.32. The highest BCUT2D eigenvalue weighted by Crippen LogP contribution is 2.13. The van der Waals surface area contributed by atoms with Crippen molar-refractivity contribution in [1.29, 1.82) is 0 Å². The minimum Gasteiger partial charge on any atom is -0.475 e. The molecule has 0 saturated carbocycles. The van der Waals surface area contributed by atoms with Crippen LogP contribution in [-0.4, -0.2) is 51.6 Å². The average molecular weight is 281 g/mol. The van der Waals surface area contributed by atoms with Crippen molar-refractivity contribution in [2.75, 3.05) is 19.6 Å². The Hall–Kier alpha value is -1.89. The van der Waals surface area contributed by atoms with Gasteiger partial charge in [-0.1, -0.05) is 6.92 Å². The second kappa shape index (κ2) is 6.51. The molecule has 1 aromatic rings. The van der Waals surface area contributed by atoms with Gasteiger partial charge in [0.2, 0.25) is 11.7 Å². The van der Waals surface area contributed by atoms with Crippen LogP contribution in [0.2, 0.25) is 0 Å². The van der Waals surface area contributed by atoms with E-state index >= 15 is 0 Å². The fraction of sp³-hybridized carbons (Fsp3) is 0.615. The van der Waals surface area contributed by atoms with Gasteiger partial charge in [-0.3, -0.25) is 9.80 Å². The number of hydrogen-bond acceptors (Lipinski definition) is 5. The smallest absolute Gasteiger partial charge is 0.373 e. The van der Waals surface area contributed by atoms with Crippen molar-refractivity contribution in [1.82, 2.24) is 15.0 Å². The van der Waals surface area contributed by atoms with Gasteiger partial charge in [-0.15, -0.1) is 0 Å². The molecule has 1 aliphatic rings. The molecule has 1 amide bonds. The lowest BCUT2D eigenvalue weighted by Crippen LogP contribution is -2.50. The molecular weight excluding hydrogens is 262 g/mol. The number of amides is 1. The van der Waals surface area contributed by atoms with E-state index < -0.39 is 5.97 Å². The summed E-state index contributed by atoms with van der Waals surface area (Å²) in [6.45, 7) is 4.36. The summed E-state index contributed by atoms with van der Waals surface area (Å²) in [5, 5.41) is 12.6. The molecule has 0 atom stereocenters. The van der Waals surface area contributed by atoms with Gasteiger partial charge in [0, 0.05) is 32.5 Å². The van der Waals surface area contributed by atoms with Crippen molar-refractivity contribution >= 4 is 11.9 Å². The summed E-state index contributed by atoms with van der Waals surface area (Å²) >= 11 is 0. The van der Waals surface area contributed by atoms with Gasteiger partial charge in [0.05, 0.1) is 6.20 Å². The molecule has 2 heterocycles. The molecule has 7 nitrogen and oxygen atoms in total. The second-order valence-electron chi connectivity index (χ2n) is 4.69. The molecule has 0 spiro atoms. The van der Waals surface area contributed by atoms with Crippen LogP contribution in [0.5, 0.6) is 0 Å². The van der Waals surface area contributed by atoms with Crippen molar-refractivity contribution in [2.45, 2.75) is 32.6 Å². The zero-order valence-corrected chi connectivity index (χ0v) is 11.5. The Morgan fingerprint density at radius 1 is 1.55 bits per heavy atom. The van der Waals surface area contributed by atoms with Crippen LogP contribution in [0.3, 0.4) is 0 Å². The number of carboxylic acid groups (broad SMARTS) is 1. The lowest BCUT2D eigenvalue weighted by molar-refractivity contribution is -0.155. The van der Waals surface area contributed by atoms with Crippen LogP contribution < -0.4 is 0 Å². The average Bonchev–Trinajstić information content (AvgIpc) is 2.89. The molecular formula is C13H19N3O4. The van der Waals surface area contributed by atoms with Crippen molar-refractivity contribution < 1.29 is 19.1 Å². The Balaban J connectivity index is 1.84. The van der Waals surface area contributed by atoms with Gasteiger partial charge in [-0.05, 0) is 12.8 Å². The minimum absolute atomic E-state index is 0.149. The highest BCUT2D eigenvalue weighted by atomic mass is 16.4. The summed E-state index contributed by atoms with van der Waals surface area (Å²) in [6, 6.07) is 0. The molecule has 1 N–H and O–H groups in total. The first kappa shape index (κ1) is 14.5. The van der Waals surface area contributed by atoms with Gasteiger partial charge in [-0.25, -0.2) is 14.8 Å². The third-order valence-corrected chi connectivity index (χ3v) is 3.33. The van der Waals surface area contributed by atoms with Gasteiger partial charge in [-0.2, -0.15) is 0 Å². The fourth-order valence-electron chi connectivity index (χ4n) is 2.32. The molecule has 110 valence electrons. The topological polar surface area (TPSA) is 86.9 Å². The minimum atomic E-state index is -1.12. The Labute approximate surface area is 117 Å². The number of oxazole rings is 1. The number of hydrogen-bond donors (Lipinski definition) is 1. The van der Waals surface area contributed by atoms with Crippen molar-refractivity contribution in [2.24, 2.45) is 0 Å². The van der Waals surface area contributed by atoms with E-state index in [0.717, 1.165) is 19.5 Å². The van der Waals surface area contributed by atoms with Crippen molar-refractivity contribution in [3.05, 3.63) is 17.8 Å². The van der Waals surface area contributed by atoms with Gasteiger partial charge in [0.15, 0.2) is 5.89 Å². The van der Waals surface area contributed by atoms with Crippen LogP contribution in [0.25, 0.3) is 0 Å². The molecule has 0 aromatic carbocycles. The Morgan fingerprint density at radius 2 is 2.35 bits per heavy atom. The molecule has 1 aromatic heterocycles. The molecule has 0 aliphatic carbocycles. The molecule has 7 heteroatoms. The second-order valence-corrected chi connectivity index (χ2v) is 4.69. The normalized spacial score (nSPS) is 16.6. The quantitative estimate of drug-likeness (QED) is 0.842. The number of aromatic nitrogens is 1. The number of aryl methyl sites for hydroxylation is 1. The van der Waals surface area contributed by atoms with E-state index in [9.17, 15) is 9.59 Å². The van der Waals surface area contributed by atoms with Crippen LogP contribution in [0.1, 0.15) is 42.6 Å². The number of aromatic carboxylic acids is 1. The summed E-state index contributed by atoms with van der Waals surface area (Å²) < 4.78 is 5.09. The number of nitrogens with zero attached hydrogens (tertiary/aromatic N) is 3. The van der Waals surface area contributed by atoms with Gasteiger partial charge < -0.3 is 9.52 Å².